The Morgan fingerprint density at radius 2 is 1.46 bits per heavy atom. The summed E-state index contributed by atoms with van der Waals surface area (Å²) >= 11 is 0. The Morgan fingerprint density at radius 3 is 2.00 bits per heavy atom. The number of hydrogen-bond donors (Lipinski definition) is 1. The van der Waals surface area contributed by atoms with Crippen molar-refractivity contribution in [3.63, 3.8) is 0 Å². The second-order valence-electron chi connectivity index (χ2n) is 5.47. The Bertz CT molecular complexity index is 875. The number of sulfonamides is 2. The molecule has 0 fully saturated rings. The van der Waals surface area contributed by atoms with Gasteiger partial charge in [0.15, 0.2) is 0 Å². The summed E-state index contributed by atoms with van der Waals surface area (Å²) in [5, 5.41) is 0. The van der Waals surface area contributed by atoms with Crippen LogP contribution in [0.2, 0.25) is 0 Å². The molecule has 24 heavy (non-hydrogen) atoms. The van der Waals surface area contributed by atoms with E-state index in [0.29, 0.717) is 12.1 Å². The number of para-hydroxylation sites is 1. The molecule has 6 nitrogen and oxygen atoms in total. The molecule has 0 aromatic heterocycles. The minimum Gasteiger partial charge on any atom is -0.284 e. The molecule has 0 atom stereocenters. The van der Waals surface area contributed by atoms with Crippen molar-refractivity contribution in [2.24, 2.45) is 0 Å². The van der Waals surface area contributed by atoms with E-state index in [9.17, 15) is 16.8 Å². The molecule has 0 saturated carbocycles. The average Bonchev–Trinajstić information content (AvgIpc) is 2.54. The summed E-state index contributed by atoms with van der Waals surface area (Å²) in [7, 11) is -4.01. The maximum absolute atomic E-state index is 12.1. The Balaban J connectivity index is 2.02. The van der Waals surface area contributed by atoms with Crippen LogP contribution in [0, 0.1) is 0 Å². The van der Waals surface area contributed by atoms with E-state index in [1.165, 1.54) is 26.2 Å². The van der Waals surface area contributed by atoms with E-state index >= 15 is 0 Å². The monoisotopic (exact) mass is 368 g/mol. The van der Waals surface area contributed by atoms with Crippen LogP contribution < -0.4 is 4.72 Å². The van der Waals surface area contributed by atoms with Gasteiger partial charge in [0.05, 0.1) is 10.6 Å². The molecule has 0 aliphatic carbocycles. The summed E-state index contributed by atoms with van der Waals surface area (Å²) in [6.07, 6.45) is 0.296. The molecular formula is C16H20N2O4S2. The molecule has 0 bridgehead atoms. The van der Waals surface area contributed by atoms with Crippen LogP contribution in [0.3, 0.4) is 0 Å². The second kappa shape index (κ2) is 7.33. The first kappa shape index (κ1) is 18.4. The van der Waals surface area contributed by atoms with E-state index in [-0.39, 0.29) is 10.6 Å². The van der Waals surface area contributed by atoms with Crippen molar-refractivity contribution in [1.82, 2.24) is 4.31 Å². The van der Waals surface area contributed by atoms with Gasteiger partial charge in [-0.2, -0.15) is 0 Å². The van der Waals surface area contributed by atoms with Gasteiger partial charge in [-0.3, -0.25) is 4.72 Å². The molecule has 0 unspecified atom stereocenters. The quantitative estimate of drug-likeness (QED) is 0.809. The van der Waals surface area contributed by atoms with Crippen molar-refractivity contribution in [3.8, 4) is 0 Å². The van der Waals surface area contributed by atoms with Gasteiger partial charge in [0.25, 0.3) is 0 Å². The fourth-order valence-corrected chi connectivity index (χ4v) is 4.03. The average molecular weight is 368 g/mol. The number of aryl methyl sites for hydroxylation is 1. The van der Waals surface area contributed by atoms with Gasteiger partial charge in [0, 0.05) is 19.8 Å². The van der Waals surface area contributed by atoms with Gasteiger partial charge in [0.1, 0.15) is 0 Å². The molecule has 8 heteroatoms. The zero-order valence-corrected chi connectivity index (χ0v) is 15.1. The first-order valence-electron chi connectivity index (χ1n) is 7.28. The number of nitrogens with one attached hydrogen (secondary N) is 1. The number of nitrogens with zero attached hydrogens (tertiary/aromatic N) is 1. The van der Waals surface area contributed by atoms with Gasteiger partial charge in [-0.15, -0.1) is 0 Å². The molecule has 0 heterocycles. The van der Waals surface area contributed by atoms with Crippen molar-refractivity contribution in [2.75, 3.05) is 24.6 Å². The maximum atomic E-state index is 12.1. The highest BCUT2D eigenvalue weighted by Gasteiger charge is 2.17. The summed E-state index contributed by atoms with van der Waals surface area (Å²) < 4.78 is 51.8. The third-order valence-electron chi connectivity index (χ3n) is 3.41. The largest absolute Gasteiger partial charge is 0.284 e. The van der Waals surface area contributed by atoms with Crippen molar-refractivity contribution in [2.45, 2.75) is 11.3 Å². The number of rotatable bonds is 7. The lowest BCUT2D eigenvalue weighted by Gasteiger charge is -2.12. The Morgan fingerprint density at radius 1 is 0.875 bits per heavy atom. The van der Waals surface area contributed by atoms with Crippen LogP contribution in [0.15, 0.2) is 59.5 Å². The predicted octanol–water partition coefficient (Wildman–Crippen LogP) is 1.92. The minimum absolute atomic E-state index is 0.0817. The molecule has 0 aliphatic heterocycles. The normalized spacial score (nSPS) is 12.3. The van der Waals surface area contributed by atoms with E-state index in [1.807, 2.05) is 0 Å². The van der Waals surface area contributed by atoms with Crippen LogP contribution in [0.25, 0.3) is 0 Å². The predicted molar refractivity (Wildman–Crippen MR) is 94.9 cm³/mol. The summed E-state index contributed by atoms with van der Waals surface area (Å²) in [5.74, 6) is -0.0817. The number of benzene rings is 2. The fourth-order valence-electron chi connectivity index (χ4n) is 2.03. The van der Waals surface area contributed by atoms with Crippen LogP contribution >= 0.6 is 0 Å². The maximum Gasteiger partial charge on any atom is 0.242 e. The molecule has 130 valence electrons. The molecule has 0 amide bonds. The molecule has 2 rings (SSSR count). The van der Waals surface area contributed by atoms with Gasteiger partial charge in [-0.1, -0.05) is 30.3 Å². The number of anilines is 1. The smallest absolute Gasteiger partial charge is 0.242 e. The van der Waals surface area contributed by atoms with E-state index < -0.39 is 20.0 Å². The molecular weight excluding hydrogens is 348 g/mol. The van der Waals surface area contributed by atoms with E-state index in [2.05, 4.69) is 4.72 Å². The molecule has 2 aromatic carbocycles. The Labute approximate surface area is 143 Å². The topological polar surface area (TPSA) is 83.6 Å². The van der Waals surface area contributed by atoms with E-state index in [0.717, 1.165) is 9.87 Å². The first-order chi connectivity index (χ1) is 11.2. The van der Waals surface area contributed by atoms with E-state index in [4.69, 9.17) is 0 Å². The van der Waals surface area contributed by atoms with Gasteiger partial charge in [-0.25, -0.2) is 21.1 Å². The molecule has 1 N–H and O–H groups in total. The SMILES string of the molecule is CN(C)S(=O)(=O)c1ccc(CCS(=O)(=O)Nc2ccccc2)cc1. The highest BCUT2D eigenvalue weighted by atomic mass is 32.2. The molecule has 0 saturated heterocycles. The standard InChI is InChI=1S/C16H20N2O4S2/c1-18(2)24(21,22)16-10-8-14(9-11-16)12-13-23(19,20)17-15-6-4-3-5-7-15/h3-11,17H,12-13H2,1-2H3. The highest BCUT2D eigenvalue weighted by Crippen LogP contribution is 2.15. The first-order valence-corrected chi connectivity index (χ1v) is 10.4. The van der Waals surface area contributed by atoms with Gasteiger partial charge in [-0.05, 0) is 36.2 Å². The van der Waals surface area contributed by atoms with E-state index in [1.54, 1.807) is 42.5 Å². The third-order valence-corrected chi connectivity index (χ3v) is 6.53. The highest BCUT2D eigenvalue weighted by molar-refractivity contribution is 7.92. The van der Waals surface area contributed by atoms with Crippen LogP contribution in [0.5, 0.6) is 0 Å². The number of hydrogen-bond acceptors (Lipinski definition) is 4. The van der Waals surface area contributed by atoms with Crippen molar-refractivity contribution in [3.05, 3.63) is 60.2 Å². The summed E-state index contributed by atoms with van der Waals surface area (Å²) in [4.78, 5) is 0.182. The molecule has 2 aromatic rings. The molecule has 0 spiro atoms. The summed E-state index contributed by atoms with van der Waals surface area (Å²) in [6, 6.07) is 14.9. The lowest BCUT2D eigenvalue weighted by atomic mass is 10.2. The lowest BCUT2D eigenvalue weighted by Crippen LogP contribution is -2.22. The molecule has 0 radical (unpaired) electrons. The van der Waals surface area contributed by atoms with Crippen molar-refractivity contribution < 1.29 is 16.8 Å². The minimum atomic E-state index is -3.47. The third kappa shape index (κ3) is 4.80. The van der Waals surface area contributed by atoms with Gasteiger partial charge >= 0.3 is 0 Å². The lowest BCUT2D eigenvalue weighted by molar-refractivity contribution is 0.520. The zero-order chi connectivity index (χ0) is 17.8. The summed E-state index contributed by atoms with van der Waals surface area (Å²) in [6.45, 7) is 0. The summed E-state index contributed by atoms with van der Waals surface area (Å²) in [5.41, 5.74) is 1.27. The van der Waals surface area contributed by atoms with Crippen LogP contribution in [-0.2, 0) is 26.5 Å². The van der Waals surface area contributed by atoms with Crippen LogP contribution in [0.4, 0.5) is 5.69 Å². The Kier molecular flexibility index (Phi) is 5.63. The van der Waals surface area contributed by atoms with Crippen molar-refractivity contribution >= 4 is 25.7 Å². The van der Waals surface area contributed by atoms with Gasteiger partial charge in [0.2, 0.25) is 20.0 Å². The van der Waals surface area contributed by atoms with Crippen LogP contribution in [-0.4, -0.2) is 41.0 Å². The fraction of sp³-hybridized carbons (Fsp3) is 0.250. The van der Waals surface area contributed by atoms with Crippen LogP contribution in [0.1, 0.15) is 5.56 Å². The second-order valence-corrected chi connectivity index (χ2v) is 9.46. The zero-order valence-electron chi connectivity index (χ0n) is 13.5. The van der Waals surface area contributed by atoms with Gasteiger partial charge < -0.3 is 0 Å². The molecule has 0 aliphatic rings. The van der Waals surface area contributed by atoms with Crippen molar-refractivity contribution in [1.29, 1.82) is 0 Å². The Hall–Kier alpha value is -1.90.